The van der Waals surface area contributed by atoms with Crippen LogP contribution in [0.3, 0.4) is 0 Å². The molecule has 0 spiro atoms. The summed E-state index contributed by atoms with van der Waals surface area (Å²) in [5.41, 5.74) is 7.68. The molecule has 0 atom stereocenters. The van der Waals surface area contributed by atoms with E-state index in [1.165, 1.54) is 35.9 Å². The molecule has 0 unspecified atom stereocenters. The van der Waals surface area contributed by atoms with E-state index in [1.54, 1.807) is 6.08 Å². The van der Waals surface area contributed by atoms with Crippen LogP contribution < -0.4 is 5.32 Å². The second kappa shape index (κ2) is 8.70. The lowest BCUT2D eigenvalue weighted by Crippen LogP contribution is -2.30. The van der Waals surface area contributed by atoms with E-state index >= 15 is 0 Å². The van der Waals surface area contributed by atoms with Crippen molar-refractivity contribution in [3.05, 3.63) is 81.2 Å². The highest BCUT2D eigenvalue weighted by molar-refractivity contribution is 6.14. The highest BCUT2D eigenvalue weighted by Crippen LogP contribution is 2.29. The third kappa shape index (κ3) is 4.03. The molecule has 3 amide bonds. The van der Waals surface area contributed by atoms with Crippen LogP contribution in [0.2, 0.25) is 0 Å². The molecular formula is C26H27N3O5. The quantitative estimate of drug-likeness (QED) is 0.343. The summed E-state index contributed by atoms with van der Waals surface area (Å²) in [4.78, 5) is 38.1. The van der Waals surface area contributed by atoms with E-state index in [0.29, 0.717) is 5.76 Å². The summed E-state index contributed by atoms with van der Waals surface area (Å²) < 4.78 is 12.2. The van der Waals surface area contributed by atoms with Crippen LogP contribution >= 0.6 is 0 Å². The van der Waals surface area contributed by atoms with Crippen LogP contribution in [-0.2, 0) is 16.1 Å². The second-order valence-electron chi connectivity index (χ2n) is 8.55. The van der Waals surface area contributed by atoms with Gasteiger partial charge in [-0.1, -0.05) is 17.7 Å². The molecule has 0 aliphatic carbocycles. The van der Waals surface area contributed by atoms with Gasteiger partial charge in [-0.2, -0.15) is 0 Å². The maximum Gasteiger partial charge on any atom is 0.373 e. The molecule has 4 rings (SSSR count). The number of nitrogens with one attached hydrogen (secondary N) is 1. The van der Waals surface area contributed by atoms with Crippen molar-refractivity contribution in [2.75, 3.05) is 7.11 Å². The zero-order valence-corrected chi connectivity index (χ0v) is 20.1. The van der Waals surface area contributed by atoms with Gasteiger partial charge in [0.2, 0.25) is 5.76 Å². The minimum atomic E-state index is -0.626. The molecule has 0 radical (unpaired) electrons. The Morgan fingerprint density at radius 1 is 1.06 bits per heavy atom. The van der Waals surface area contributed by atoms with Gasteiger partial charge in [0, 0.05) is 11.4 Å². The maximum atomic E-state index is 13.0. The van der Waals surface area contributed by atoms with Crippen LogP contribution in [0, 0.1) is 34.6 Å². The van der Waals surface area contributed by atoms with Gasteiger partial charge in [0.15, 0.2) is 0 Å². The number of esters is 1. The molecule has 3 heterocycles. The molecule has 0 bridgehead atoms. The molecule has 1 saturated heterocycles. The number of carbonyl (C=O) groups excluding carboxylic acids is 3. The van der Waals surface area contributed by atoms with Crippen molar-refractivity contribution >= 4 is 24.0 Å². The van der Waals surface area contributed by atoms with Crippen LogP contribution in [0.15, 0.2) is 40.4 Å². The lowest BCUT2D eigenvalue weighted by molar-refractivity contribution is -0.123. The smallest absolute Gasteiger partial charge is 0.373 e. The number of hydrogen-bond donors (Lipinski definition) is 1. The number of carbonyl (C=O) groups is 3. The maximum absolute atomic E-state index is 13.0. The molecule has 1 aliphatic heterocycles. The first kappa shape index (κ1) is 23.1. The Morgan fingerprint density at radius 2 is 1.74 bits per heavy atom. The van der Waals surface area contributed by atoms with Crippen LogP contribution in [0.25, 0.3) is 11.8 Å². The lowest BCUT2D eigenvalue weighted by Gasteiger charge is -2.17. The summed E-state index contributed by atoms with van der Waals surface area (Å²) in [5.74, 6) is -0.782. The Balaban J connectivity index is 1.63. The van der Waals surface area contributed by atoms with Gasteiger partial charge in [0.25, 0.3) is 5.91 Å². The first-order valence-corrected chi connectivity index (χ1v) is 10.9. The zero-order valence-electron chi connectivity index (χ0n) is 20.1. The van der Waals surface area contributed by atoms with Gasteiger partial charge in [-0.25, -0.2) is 9.59 Å². The second-order valence-corrected chi connectivity index (χ2v) is 8.55. The van der Waals surface area contributed by atoms with Gasteiger partial charge in [-0.15, -0.1) is 0 Å². The normalized spacial score (nSPS) is 14.8. The summed E-state index contributed by atoms with van der Waals surface area (Å²) in [7, 11) is 1.25. The number of methoxy groups -OCH3 is 1. The number of aryl methyl sites for hydroxylation is 4. The van der Waals surface area contributed by atoms with Crippen LogP contribution in [0.5, 0.6) is 0 Å². The number of urea groups is 1. The van der Waals surface area contributed by atoms with E-state index in [0.717, 1.165) is 27.5 Å². The molecule has 8 nitrogen and oxygen atoms in total. The summed E-state index contributed by atoms with van der Waals surface area (Å²) in [6.07, 6.45) is 1.69. The molecule has 0 saturated carbocycles. The van der Waals surface area contributed by atoms with E-state index in [4.69, 9.17) is 4.42 Å². The fourth-order valence-electron chi connectivity index (χ4n) is 4.50. The Kier molecular flexibility index (Phi) is 5.91. The predicted molar refractivity (Wildman–Crippen MR) is 127 cm³/mol. The van der Waals surface area contributed by atoms with Crippen molar-refractivity contribution < 1.29 is 23.5 Å². The predicted octanol–water partition coefficient (Wildman–Crippen LogP) is 4.49. The number of nitrogens with zero attached hydrogens (tertiary/aromatic N) is 2. The molecule has 1 aromatic carbocycles. The zero-order chi connectivity index (χ0) is 24.7. The minimum absolute atomic E-state index is 0.00875. The first-order valence-electron chi connectivity index (χ1n) is 10.9. The summed E-state index contributed by atoms with van der Waals surface area (Å²) >= 11 is 0. The Bertz CT molecular complexity index is 1340. The molecule has 8 heteroatoms. The Labute approximate surface area is 197 Å². The van der Waals surface area contributed by atoms with Gasteiger partial charge in [0.1, 0.15) is 11.5 Å². The molecule has 34 heavy (non-hydrogen) atoms. The van der Waals surface area contributed by atoms with E-state index in [2.05, 4.69) is 47.5 Å². The van der Waals surface area contributed by atoms with Crippen molar-refractivity contribution in [3.63, 3.8) is 0 Å². The van der Waals surface area contributed by atoms with E-state index in [1.807, 2.05) is 19.9 Å². The largest absolute Gasteiger partial charge is 0.463 e. The number of hydrogen-bond acceptors (Lipinski definition) is 5. The lowest BCUT2D eigenvalue weighted by atomic mass is 10.0. The van der Waals surface area contributed by atoms with Crippen LogP contribution in [-0.4, -0.2) is 34.5 Å². The topological polar surface area (TPSA) is 93.8 Å². The van der Waals surface area contributed by atoms with Crippen molar-refractivity contribution in [1.29, 1.82) is 0 Å². The molecule has 176 valence electrons. The van der Waals surface area contributed by atoms with Crippen molar-refractivity contribution in [3.8, 4) is 5.69 Å². The van der Waals surface area contributed by atoms with E-state index < -0.39 is 17.9 Å². The van der Waals surface area contributed by atoms with Crippen LogP contribution in [0.1, 0.15) is 50.0 Å². The van der Waals surface area contributed by atoms with Gasteiger partial charge in [-0.3, -0.25) is 9.69 Å². The number of benzene rings is 1. The SMILES string of the molecule is COC(=O)c1ccc(CN2C(=O)NC(=Cc3cc(C)n(-c4c(C)cc(C)cc4C)c3C)C2=O)o1. The van der Waals surface area contributed by atoms with Gasteiger partial charge in [-0.05, 0) is 75.6 Å². The fraction of sp³-hybridized carbons (Fsp3) is 0.269. The van der Waals surface area contributed by atoms with Gasteiger partial charge in [0.05, 0.1) is 19.3 Å². The average Bonchev–Trinajstić information content (AvgIpc) is 3.42. The molecule has 1 N–H and O–H groups in total. The number of ether oxygens (including phenoxy) is 1. The standard InChI is InChI=1S/C26H27N3O5/c1-14-9-15(2)23(16(3)10-14)29-17(4)11-19(18(29)5)12-21-24(30)28(26(32)27-21)13-20-7-8-22(34-20)25(31)33-6/h7-12H,13H2,1-6H3,(H,27,32). The third-order valence-electron chi connectivity index (χ3n) is 5.95. The van der Waals surface area contributed by atoms with Gasteiger partial charge >= 0.3 is 12.0 Å². The van der Waals surface area contributed by atoms with Crippen LogP contribution in [0.4, 0.5) is 4.79 Å². The van der Waals surface area contributed by atoms with Crippen molar-refractivity contribution in [2.45, 2.75) is 41.2 Å². The monoisotopic (exact) mass is 461 g/mol. The first-order chi connectivity index (χ1) is 16.1. The number of rotatable bonds is 5. The highest BCUT2D eigenvalue weighted by atomic mass is 16.5. The van der Waals surface area contributed by atoms with E-state index in [-0.39, 0.29) is 18.0 Å². The summed E-state index contributed by atoms with van der Waals surface area (Å²) in [6, 6.07) is 8.73. The number of amides is 3. The fourth-order valence-corrected chi connectivity index (χ4v) is 4.50. The Hall–Kier alpha value is -4.07. The number of imide groups is 1. The van der Waals surface area contributed by atoms with Crippen molar-refractivity contribution in [1.82, 2.24) is 14.8 Å². The number of aromatic nitrogens is 1. The van der Waals surface area contributed by atoms with E-state index in [9.17, 15) is 14.4 Å². The molecular weight excluding hydrogens is 434 g/mol. The molecule has 3 aromatic rings. The minimum Gasteiger partial charge on any atom is -0.463 e. The summed E-state index contributed by atoms with van der Waals surface area (Å²) in [6.45, 7) is 10.2. The Morgan fingerprint density at radius 3 is 2.38 bits per heavy atom. The van der Waals surface area contributed by atoms with Crippen molar-refractivity contribution in [2.24, 2.45) is 0 Å². The average molecular weight is 462 g/mol. The number of furan rings is 1. The summed E-state index contributed by atoms with van der Waals surface area (Å²) in [5, 5.41) is 2.65. The molecule has 2 aromatic heterocycles. The highest BCUT2D eigenvalue weighted by Gasteiger charge is 2.34. The third-order valence-corrected chi connectivity index (χ3v) is 5.95. The molecule has 1 aliphatic rings. The molecule has 1 fully saturated rings. The van der Waals surface area contributed by atoms with Gasteiger partial charge < -0.3 is 19.0 Å².